The molecule has 21 heavy (non-hydrogen) atoms. The summed E-state index contributed by atoms with van der Waals surface area (Å²) in [5.41, 5.74) is 6.93. The number of nitrogens with one attached hydrogen (secondary N) is 1. The molecule has 0 fully saturated rings. The first-order chi connectivity index (χ1) is 10.1. The minimum absolute atomic E-state index is 0.00407. The molecule has 0 bridgehead atoms. The van der Waals surface area contributed by atoms with Crippen molar-refractivity contribution in [3.8, 4) is 11.1 Å². The van der Waals surface area contributed by atoms with Gasteiger partial charge in [-0.25, -0.2) is 14.4 Å². The van der Waals surface area contributed by atoms with Gasteiger partial charge < -0.3 is 11.1 Å². The smallest absolute Gasteiger partial charge is 0.254 e. The average Bonchev–Trinajstić information content (AvgIpc) is 2.47. The molecule has 0 aliphatic heterocycles. The highest BCUT2D eigenvalue weighted by atomic mass is 19.1. The predicted octanol–water partition coefficient (Wildman–Crippen LogP) is 1.75. The topological polar surface area (TPSA) is 80.9 Å². The van der Waals surface area contributed by atoms with Crippen LogP contribution in [0.1, 0.15) is 23.7 Å². The summed E-state index contributed by atoms with van der Waals surface area (Å²) >= 11 is 0. The average molecular weight is 288 g/mol. The van der Waals surface area contributed by atoms with Crippen LogP contribution in [0.2, 0.25) is 0 Å². The summed E-state index contributed by atoms with van der Waals surface area (Å²) in [5.74, 6) is -1.02. The second-order valence-electron chi connectivity index (χ2n) is 4.84. The highest BCUT2D eigenvalue weighted by Gasteiger charge is 2.12. The van der Waals surface area contributed by atoms with Crippen LogP contribution in [0.4, 0.5) is 4.39 Å². The maximum atomic E-state index is 14.0. The Hall–Kier alpha value is -2.34. The quantitative estimate of drug-likeness (QED) is 0.878. The molecule has 0 aliphatic rings. The molecule has 1 atom stereocenters. The zero-order chi connectivity index (χ0) is 15.2. The molecule has 1 aromatic heterocycles. The minimum atomic E-state index is -0.574. The molecular weight excluding hydrogens is 271 g/mol. The Morgan fingerprint density at radius 1 is 1.33 bits per heavy atom. The number of amides is 1. The number of benzene rings is 1. The lowest BCUT2D eigenvalue weighted by Crippen LogP contribution is -2.29. The van der Waals surface area contributed by atoms with E-state index in [0.717, 1.165) is 0 Å². The molecule has 2 rings (SSSR count). The Bertz CT molecular complexity index is 616. The van der Waals surface area contributed by atoms with Crippen molar-refractivity contribution in [3.63, 3.8) is 0 Å². The summed E-state index contributed by atoms with van der Waals surface area (Å²) in [7, 11) is 0. The van der Waals surface area contributed by atoms with Crippen molar-refractivity contribution < 1.29 is 9.18 Å². The van der Waals surface area contributed by atoms with Crippen molar-refractivity contribution in [2.45, 2.75) is 19.4 Å². The number of carbonyl (C=O) groups excluding carboxylic acids is 1. The third-order valence-corrected chi connectivity index (χ3v) is 2.99. The Balaban J connectivity index is 2.11. The molecule has 0 unspecified atom stereocenters. The molecule has 2 aromatic rings. The number of nitrogens with two attached hydrogens (primary N) is 1. The molecule has 1 amide bonds. The van der Waals surface area contributed by atoms with Gasteiger partial charge in [0.15, 0.2) is 0 Å². The molecule has 3 N–H and O–H groups in total. The summed E-state index contributed by atoms with van der Waals surface area (Å²) in [6.07, 6.45) is 5.22. The van der Waals surface area contributed by atoms with Gasteiger partial charge in [0.25, 0.3) is 5.91 Å². The van der Waals surface area contributed by atoms with Gasteiger partial charge in [-0.05, 0) is 31.0 Å². The molecule has 110 valence electrons. The van der Waals surface area contributed by atoms with Gasteiger partial charge in [0.05, 0.1) is 5.56 Å². The zero-order valence-electron chi connectivity index (χ0n) is 11.7. The van der Waals surface area contributed by atoms with E-state index in [0.29, 0.717) is 24.1 Å². The molecule has 1 heterocycles. The molecular formula is C15H17FN4O. The number of hydrogen-bond acceptors (Lipinski definition) is 4. The number of halogens is 1. The van der Waals surface area contributed by atoms with Crippen LogP contribution < -0.4 is 11.1 Å². The van der Waals surface area contributed by atoms with Crippen LogP contribution in [0.15, 0.2) is 36.9 Å². The maximum absolute atomic E-state index is 14.0. The van der Waals surface area contributed by atoms with Crippen molar-refractivity contribution in [2.75, 3.05) is 6.54 Å². The van der Waals surface area contributed by atoms with E-state index in [1.807, 2.05) is 6.92 Å². The summed E-state index contributed by atoms with van der Waals surface area (Å²) in [6.45, 7) is 2.27. The van der Waals surface area contributed by atoms with Crippen molar-refractivity contribution in [3.05, 3.63) is 48.3 Å². The lowest BCUT2D eigenvalue weighted by molar-refractivity contribution is 0.0949. The van der Waals surface area contributed by atoms with Crippen molar-refractivity contribution >= 4 is 5.91 Å². The van der Waals surface area contributed by atoms with Crippen LogP contribution >= 0.6 is 0 Å². The van der Waals surface area contributed by atoms with Crippen LogP contribution in [0.5, 0.6) is 0 Å². The fraction of sp³-hybridized carbons (Fsp3) is 0.267. The highest BCUT2D eigenvalue weighted by molar-refractivity contribution is 5.95. The van der Waals surface area contributed by atoms with E-state index in [-0.39, 0.29) is 11.6 Å². The van der Waals surface area contributed by atoms with Gasteiger partial charge in [0, 0.05) is 30.5 Å². The number of hydrogen-bond donors (Lipinski definition) is 2. The zero-order valence-corrected chi connectivity index (χ0v) is 11.7. The summed E-state index contributed by atoms with van der Waals surface area (Å²) in [6, 6.07) is 4.43. The monoisotopic (exact) mass is 288 g/mol. The van der Waals surface area contributed by atoms with Crippen LogP contribution in [-0.2, 0) is 0 Å². The van der Waals surface area contributed by atoms with Gasteiger partial charge in [-0.3, -0.25) is 4.79 Å². The molecule has 0 spiro atoms. The molecule has 0 radical (unpaired) electrons. The fourth-order valence-corrected chi connectivity index (χ4v) is 1.84. The Morgan fingerprint density at radius 2 is 2.05 bits per heavy atom. The molecule has 1 aromatic carbocycles. The van der Waals surface area contributed by atoms with E-state index >= 15 is 0 Å². The van der Waals surface area contributed by atoms with Crippen molar-refractivity contribution in [2.24, 2.45) is 5.73 Å². The summed E-state index contributed by atoms with van der Waals surface area (Å²) in [4.78, 5) is 19.6. The van der Waals surface area contributed by atoms with E-state index in [2.05, 4.69) is 15.3 Å². The Morgan fingerprint density at radius 3 is 2.67 bits per heavy atom. The fourth-order valence-electron chi connectivity index (χ4n) is 1.84. The van der Waals surface area contributed by atoms with Gasteiger partial charge in [-0.1, -0.05) is 6.07 Å². The van der Waals surface area contributed by atoms with E-state index in [9.17, 15) is 9.18 Å². The van der Waals surface area contributed by atoms with E-state index in [1.165, 1.54) is 18.5 Å². The van der Waals surface area contributed by atoms with Gasteiger partial charge >= 0.3 is 0 Å². The van der Waals surface area contributed by atoms with E-state index in [1.54, 1.807) is 18.5 Å². The van der Waals surface area contributed by atoms with E-state index < -0.39 is 11.7 Å². The Kier molecular flexibility index (Phi) is 4.94. The third kappa shape index (κ3) is 4.06. The molecule has 0 saturated carbocycles. The van der Waals surface area contributed by atoms with Gasteiger partial charge in [0.1, 0.15) is 12.1 Å². The van der Waals surface area contributed by atoms with Gasteiger partial charge in [-0.15, -0.1) is 0 Å². The third-order valence-electron chi connectivity index (χ3n) is 2.99. The summed E-state index contributed by atoms with van der Waals surface area (Å²) < 4.78 is 14.0. The molecule has 6 heteroatoms. The first kappa shape index (κ1) is 15.1. The highest BCUT2D eigenvalue weighted by Crippen LogP contribution is 2.20. The maximum Gasteiger partial charge on any atom is 0.254 e. The normalized spacial score (nSPS) is 12.0. The number of rotatable bonds is 5. The predicted molar refractivity (Wildman–Crippen MR) is 78.0 cm³/mol. The van der Waals surface area contributed by atoms with Crippen molar-refractivity contribution in [1.29, 1.82) is 0 Å². The first-order valence-electron chi connectivity index (χ1n) is 6.66. The van der Waals surface area contributed by atoms with Crippen LogP contribution in [0.25, 0.3) is 11.1 Å². The second kappa shape index (κ2) is 6.90. The lowest BCUT2D eigenvalue weighted by Gasteiger charge is -2.09. The number of aromatic nitrogens is 2. The SMILES string of the molecule is C[C@H](N)CCNC(=O)c1ccc(-c2cncnc2)cc1F. The largest absolute Gasteiger partial charge is 0.352 e. The molecule has 5 nitrogen and oxygen atoms in total. The molecule has 0 saturated heterocycles. The minimum Gasteiger partial charge on any atom is -0.352 e. The number of carbonyl (C=O) groups is 1. The van der Waals surface area contributed by atoms with Gasteiger partial charge in [-0.2, -0.15) is 0 Å². The van der Waals surface area contributed by atoms with Crippen molar-refractivity contribution in [1.82, 2.24) is 15.3 Å². The van der Waals surface area contributed by atoms with Crippen LogP contribution in [0.3, 0.4) is 0 Å². The molecule has 0 aliphatic carbocycles. The van der Waals surface area contributed by atoms with E-state index in [4.69, 9.17) is 5.73 Å². The van der Waals surface area contributed by atoms with Gasteiger partial charge in [0.2, 0.25) is 0 Å². The number of nitrogens with zero attached hydrogens (tertiary/aromatic N) is 2. The van der Waals surface area contributed by atoms with Crippen LogP contribution in [0, 0.1) is 5.82 Å². The lowest BCUT2D eigenvalue weighted by atomic mass is 10.1. The van der Waals surface area contributed by atoms with Crippen LogP contribution in [-0.4, -0.2) is 28.5 Å². The summed E-state index contributed by atoms with van der Waals surface area (Å²) in [5, 5.41) is 2.65. The second-order valence-corrected chi connectivity index (χ2v) is 4.84. The first-order valence-corrected chi connectivity index (χ1v) is 6.66. The Labute approximate surface area is 122 Å². The standard InChI is InChI=1S/C15H17FN4O/c1-10(17)4-5-20-15(21)13-3-2-11(6-14(13)16)12-7-18-9-19-8-12/h2-3,6-10H,4-5,17H2,1H3,(H,20,21)/t10-/m0/s1.